The van der Waals surface area contributed by atoms with Crippen LogP contribution in [0.15, 0.2) is 0 Å². The first-order chi connectivity index (χ1) is 9.33. The third-order valence-corrected chi connectivity index (χ3v) is 5.50. The topological polar surface area (TPSA) is 15.3 Å². The van der Waals surface area contributed by atoms with Crippen LogP contribution in [-0.4, -0.2) is 36.6 Å². The van der Waals surface area contributed by atoms with Gasteiger partial charge in [0.15, 0.2) is 0 Å². The van der Waals surface area contributed by atoms with Crippen LogP contribution in [0.3, 0.4) is 0 Å². The molecule has 1 N–H and O–H groups in total. The average Bonchev–Trinajstić information content (AvgIpc) is 3.23. The third-order valence-electron chi connectivity index (χ3n) is 5.50. The number of rotatable bonds is 5. The largest absolute Gasteiger partial charge is 0.310 e. The van der Waals surface area contributed by atoms with Crippen LogP contribution in [0.2, 0.25) is 0 Å². The van der Waals surface area contributed by atoms with Crippen molar-refractivity contribution in [1.82, 2.24) is 10.2 Å². The minimum absolute atomic E-state index is 0.778. The van der Waals surface area contributed by atoms with Crippen molar-refractivity contribution in [2.45, 2.75) is 76.8 Å². The van der Waals surface area contributed by atoms with E-state index in [1.807, 2.05) is 0 Å². The predicted octanol–water partition coefficient (Wildman–Crippen LogP) is 3.42. The molecule has 0 spiro atoms. The molecule has 0 amide bonds. The Labute approximate surface area is 119 Å². The van der Waals surface area contributed by atoms with Crippen LogP contribution in [0.1, 0.15) is 64.7 Å². The highest BCUT2D eigenvalue weighted by molar-refractivity contribution is 4.88. The van der Waals surface area contributed by atoms with E-state index in [2.05, 4.69) is 17.1 Å². The summed E-state index contributed by atoms with van der Waals surface area (Å²) in [7, 11) is 0. The molecule has 3 aliphatic rings. The van der Waals surface area contributed by atoms with Crippen molar-refractivity contribution in [3.05, 3.63) is 0 Å². The number of likely N-dealkylation sites (tertiary alicyclic amines) is 1. The Hall–Kier alpha value is -0.0800. The molecule has 2 atom stereocenters. The lowest BCUT2D eigenvalue weighted by Crippen LogP contribution is -2.52. The summed E-state index contributed by atoms with van der Waals surface area (Å²) in [6.07, 6.45) is 13.2. The van der Waals surface area contributed by atoms with Gasteiger partial charge in [0, 0.05) is 25.2 Å². The fraction of sp³-hybridized carbons (Fsp3) is 1.00. The molecule has 0 aromatic heterocycles. The zero-order valence-corrected chi connectivity index (χ0v) is 12.7. The SMILES string of the molecule is CCN1CC(CC2CC2)CC(NC2CCCCC2)C1. The first-order valence-electron chi connectivity index (χ1n) is 8.82. The summed E-state index contributed by atoms with van der Waals surface area (Å²) in [5, 5.41) is 4.00. The Morgan fingerprint density at radius 1 is 0.895 bits per heavy atom. The fourth-order valence-corrected chi connectivity index (χ4v) is 4.28. The molecule has 19 heavy (non-hydrogen) atoms. The van der Waals surface area contributed by atoms with Crippen LogP contribution in [0.4, 0.5) is 0 Å². The number of nitrogens with one attached hydrogen (secondary N) is 1. The van der Waals surface area contributed by atoms with Crippen molar-refractivity contribution in [1.29, 1.82) is 0 Å². The van der Waals surface area contributed by atoms with Crippen LogP contribution < -0.4 is 5.32 Å². The van der Waals surface area contributed by atoms with Crippen molar-refractivity contribution >= 4 is 0 Å². The maximum absolute atomic E-state index is 4.00. The first kappa shape index (κ1) is 13.9. The molecule has 0 bridgehead atoms. The van der Waals surface area contributed by atoms with Gasteiger partial charge in [-0.25, -0.2) is 0 Å². The highest BCUT2D eigenvalue weighted by Crippen LogP contribution is 2.37. The van der Waals surface area contributed by atoms with E-state index in [9.17, 15) is 0 Å². The highest BCUT2D eigenvalue weighted by atomic mass is 15.2. The summed E-state index contributed by atoms with van der Waals surface area (Å²) in [6, 6.07) is 1.61. The number of piperidine rings is 1. The van der Waals surface area contributed by atoms with Gasteiger partial charge in [0.05, 0.1) is 0 Å². The molecule has 1 heterocycles. The molecule has 1 saturated heterocycles. The molecule has 3 rings (SSSR count). The molecule has 2 heteroatoms. The Balaban J connectivity index is 1.50. The Morgan fingerprint density at radius 2 is 1.68 bits per heavy atom. The summed E-state index contributed by atoms with van der Waals surface area (Å²) >= 11 is 0. The van der Waals surface area contributed by atoms with Crippen LogP contribution in [0.5, 0.6) is 0 Å². The minimum Gasteiger partial charge on any atom is -0.310 e. The van der Waals surface area contributed by atoms with Gasteiger partial charge in [0.2, 0.25) is 0 Å². The van der Waals surface area contributed by atoms with E-state index in [1.165, 1.54) is 77.4 Å². The molecule has 2 saturated carbocycles. The Morgan fingerprint density at radius 3 is 2.37 bits per heavy atom. The van der Waals surface area contributed by atoms with Crippen molar-refractivity contribution in [3.8, 4) is 0 Å². The van der Waals surface area contributed by atoms with Gasteiger partial charge >= 0.3 is 0 Å². The summed E-state index contributed by atoms with van der Waals surface area (Å²) in [6.45, 7) is 6.24. The molecule has 2 aliphatic carbocycles. The molecular formula is C17H32N2. The minimum atomic E-state index is 0.778. The monoisotopic (exact) mass is 264 g/mol. The van der Waals surface area contributed by atoms with Gasteiger partial charge in [-0.1, -0.05) is 39.0 Å². The van der Waals surface area contributed by atoms with Gasteiger partial charge in [-0.2, -0.15) is 0 Å². The first-order valence-corrected chi connectivity index (χ1v) is 8.82. The molecule has 0 aromatic carbocycles. The van der Waals surface area contributed by atoms with Gasteiger partial charge in [-0.15, -0.1) is 0 Å². The van der Waals surface area contributed by atoms with E-state index in [0.717, 1.165) is 23.9 Å². The molecule has 3 fully saturated rings. The van der Waals surface area contributed by atoms with Crippen LogP contribution in [0.25, 0.3) is 0 Å². The van der Waals surface area contributed by atoms with Crippen molar-refractivity contribution in [2.75, 3.05) is 19.6 Å². The number of likely N-dealkylation sites (N-methyl/N-ethyl adjacent to an activating group) is 1. The second-order valence-corrected chi connectivity index (χ2v) is 7.33. The van der Waals surface area contributed by atoms with E-state index < -0.39 is 0 Å². The molecular weight excluding hydrogens is 232 g/mol. The Kier molecular flexibility index (Phi) is 4.81. The molecule has 110 valence electrons. The summed E-state index contributed by atoms with van der Waals surface area (Å²) in [4.78, 5) is 2.69. The lowest BCUT2D eigenvalue weighted by molar-refractivity contribution is 0.128. The molecule has 1 aliphatic heterocycles. The van der Waals surface area contributed by atoms with E-state index in [4.69, 9.17) is 0 Å². The summed E-state index contributed by atoms with van der Waals surface area (Å²) in [5.41, 5.74) is 0. The van der Waals surface area contributed by atoms with E-state index in [-0.39, 0.29) is 0 Å². The highest BCUT2D eigenvalue weighted by Gasteiger charge is 2.32. The molecule has 2 unspecified atom stereocenters. The zero-order valence-electron chi connectivity index (χ0n) is 12.7. The maximum atomic E-state index is 4.00. The second kappa shape index (κ2) is 6.58. The number of nitrogens with zero attached hydrogens (tertiary/aromatic N) is 1. The van der Waals surface area contributed by atoms with Gasteiger partial charge < -0.3 is 10.2 Å². The van der Waals surface area contributed by atoms with Crippen LogP contribution in [-0.2, 0) is 0 Å². The quantitative estimate of drug-likeness (QED) is 0.818. The maximum Gasteiger partial charge on any atom is 0.0200 e. The predicted molar refractivity (Wildman–Crippen MR) is 81.4 cm³/mol. The smallest absolute Gasteiger partial charge is 0.0200 e. The second-order valence-electron chi connectivity index (χ2n) is 7.33. The fourth-order valence-electron chi connectivity index (χ4n) is 4.28. The van der Waals surface area contributed by atoms with Crippen molar-refractivity contribution < 1.29 is 0 Å². The van der Waals surface area contributed by atoms with E-state index >= 15 is 0 Å². The summed E-state index contributed by atoms with van der Waals surface area (Å²) in [5.74, 6) is 2.07. The molecule has 0 aromatic rings. The average molecular weight is 264 g/mol. The normalized spacial score (nSPS) is 34.6. The summed E-state index contributed by atoms with van der Waals surface area (Å²) < 4.78 is 0. The van der Waals surface area contributed by atoms with Gasteiger partial charge in [-0.3, -0.25) is 0 Å². The number of hydrogen-bond donors (Lipinski definition) is 1. The Bertz CT molecular complexity index is 268. The number of hydrogen-bond acceptors (Lipinski definition) is 2. The lowest BCUT2D eigenvalue weighted by atomic mass is 9.88. The van der Waals surface area contributed by atoms with E-state index in [1.54, 1.807) is 0 Å². The standard InChI is InChI=1S/C17H32N2/c1-2-19-12-15(10-14-8-9-14)11-17(13-19)18-16-6-4-3-5-7-16/h14-18H,2-13H2,1H3. The molecule has 2 nitrogen and oxygen atoms in total. The lowest BCUT2D eigenvalue weighted by Gasteiger charge is -2.40. The zero-order chi connectivity index (χ0) is 13.1. The van der Waals surface area contributed by atoms with E-state index in [0.29, 0.717) is 0 Å². The van der Waals surface area contributed by atoms with Gasteiger partial charge in [0.1, 0.15) is 0 Å². The third kappa shape index (κ3) is 4.19. The van der Waals surface area contributed by atoms with Crippen LogP contribution >= 0.6 is 0 Å². The van der Waals surface area contributed by atoms with Crippen molar-refractivity contribution in [2.24, 2.45) is 11.8 Å². The van der Waals surface area contributed by atoms with Crippen LogP contribution in [0, 0.1) is 11.8 Å². The van der Waals surface area contributed by atoms with Crippen molar-refractivity contribution in [3.63, 3.8) is 0 Å². The van der Waals surface area contributed by atoms with Gasteiger partial charge in [0.25, 0.3) is 0 Å². The van der Waals surface area contributed by atoms with Gasteiger partial charge in [-0.05, 0) is 44.1 Å². The molecule has 0 radical (unpaired) electrons.